The lowest BCUT2D eigenvalue weighted by Crippen LogP contribution is -2.08. The Morgan fingerprint density at radius 3 is 2.62 bits per heavy atom. The molecule has 0 spiro atoms. The lowest BCUT2D eigenvalue weighted by molar-refractivity contribution is -0.386. The molecular formula is C11H12NO4. The summed E-state index contributed by atoms with van der Waals surface area (Å²) in [6.45, 7) is 5.45. The first-order valence-corrected chi connectivity index (χ1v) is 4.67. The molecule has 0 saturated carbocycles. The third-order valence-electron chi connectivity index (χ3n) is 2.19. The van der Waals surface area contributed by atoms with Crippen LogP contribution in [0.1, 0.15) is 28.8 Å². The number of carbonyl (C=O) groups is 1. The number of rotatable bonds is 3. The minimum atomic E-state index is -0.714. The summed E-state index contributed by atoms with van der Waals surface area (Å²) in [5.74, 6) is -0.987. The molecule has 16 heavy (non-hydrogen) atoms. The summed E-state index contributed by atoms with van der Waals surface area (Å²) in [5, 5.41) is 10.9. The van der Waals surface area contributed by atoms with Crippen molar-refractivity contribution in [1.29, 1.82) is 0 Å². The number of methoxy groups -OCH3 is 1. The van der Waals surface area contributed by atoms with Crippen LogP contribution in [0.4, 0.5) is 5.69 Å². The zero-order valence-electron chi connectivity index (χ0n) is 9.10. The van der Waals surface area contributed by atoms with E-state index >= 15 is 0 Å². The predicted molar refractivity (Wildman–Crippen MR) is 58.2 cm³/mol. The zero-order chi connectivity index (χ0) is 12.3. The highest BCUT2D eigenvalue weighted by atomic mass is 16.6. The molecule has 0 amide bonds. The van der Waals surface area contributed by atoms with Crippen molar-refractivity contribution in [3.05, 3.63) is 46.4 Å². The highest BCUT2D eigenvalue weighted by Crippen LogP contribution is 2.29. The monoisotopic (exact) mass is 222 g/mol. The Kier molecular flexibility index (Phi) is 3.60. The van der Waals surface area contributed by atoms with Gasteiger partial charge < -0.3 is 4.74 Å². The number of ether oxygens (including phenoxy) is 1. The quantitative estimate of drug-likeness (QED) is 0.447. The first-order chi connectivity index (χ1) is 7.49. The van der Waals surface area contributed by atoms with Crippen molar-refractivity contribution in [3.8, 4) is 0 Å². The molecule has 0 fully saturated rings. The molecule has 1 rings (SSSR count). The highest BCUT2D eigenvalue weighted by Gasteiger charge is 2.25. The Morgan fingerprint density at radius 1 is 1.56 bits per heavy atom. The van der Waals surface area contributed by atoms with E-state index in [0.29, 0.717) is 5.56 Å². The van der Waals surface area contributed by atoms with E-state index in [9.17, 15) is 14.9 Å². The average molecular weight is 222 g/mol. The molecule has 1 aromatic rings. The third-order valence-corrected chi connectivity index (χ3v) is 2.19. The maximum atomic E-state index is 11.4. The van der Waals surface area contributed by atoms with E-state index in [2.05, 4.69) is 11.7 Å². The summed E-state index contributed by atoms with van der Waals surface area (Å²) in [4.78, 5) is 21.7. The number of nitro groups is 1. The van der Waals surface area contributed by atoms with Gasteiger partial charge in [0.15, 0.2) is 0 Å². The lowest BCUT2D eigenvalue weighted by Gasteiger charge is -2.08. The Morgan fingerprint density at radius 2 is 2.19 bits per heavy atom. The van der Waals surface area contributed by atoms with E-state index in [1.165, 1.54) is 13.2 Å². The lowest BCUT2D eigenvalue weighted by atomic mass is 9.98. The molecule has 0 aliphatic carbocycles. The third kappa shape index (κ3) is 2.18. The number of hydrogen-bond donors (Lipinski definition) is 0. The van der Waals surface area contributed by atoms with Gasteiger partial charge in [0.1, 0.15) is 5.56 Å². The van der Waals surface area contributed by atoms with Crippen LogP contribution in [0.25, 0.3) is 0 Å². The van der Waals surface area contributed by atoms with Gasteiger partial charge in [0.25, 0.3) is 5.69 Å². The van der Waals surface area contributed by atoms with Crippen LogP contribution >= 0.6 is 0 Å². The summed E-state index contributed by atoms with van der Waals surface area (Å²) >= 11 is 0. The van der Waals surface area contributed by atoms with Crippen molar-refractivity contribution >= 4 is 11.7 Å². The van der Waals surface area contributed by atoms with Gasteiger partial charge in [-0.05, 0) is 18.9 Å². The van der Waals surface area contributed by atoms with Gasteiger partial charge in [0.2, 0.25) is 0 Å². The van der Waals surface area contributed by atoms with Gasteiger partial charge in [-0.25, -0.2) is 4.79 Å². The Bertz CT molecular complexity index is 426. The average Bonchev–Trinajstić information content (AvgIpc) is 2.26. The minimum Gasteiger partial charge on any atom is -0.465 e. The standard InChI is InChI=1S/C11H12NO4/c1-7(2)8-5-4-6-9(11(13)16-3)10(8)12(14)15/h4-7H,1H2,2-3H3. The molecule has 5 nitrogen and oxygen atoms in total. The Hall–Kier alpha value is -1.91. The molecule has 1 unspecified atom stereocenters. The first-order valence-electron chi connectivity index (χ1n) is 4.67. The molecule has 85 valence electrons. The van der Waals surface area contributed by atoms with Gasteiger partial charge in [-0.3, -0.25) is 10.1 Å². The van der Waals surface area contributed by atoms with Gasteiger partial charge in [0.05, 0.1) is 12.0 Å². The molecule has 0 N–H and O–H groups in total. The van der Waals surface area contributed by atoms with E-state index in [4.69, 9.17) is 0 Å². The van der Waals surface area contributed by atoms with Crippen LogP contribution in [0.3, 0.4) is 0 Å². The summed E-state index contributed by atoms with van der Waals surface area (Å²) in [5.41, 5.74) is 0.158. The SMILES string of the molecule is [CH2]C(C)c1cccc(C(=O)OC)c1[N+](=O)[O-]. The summed E-state index contributed by atoms with van der Waals surface area (Å²) in [7, 11) is 1.19. The second kappa shape index (κ2) is 4.74. The number of benzene rings is 1. The number of para-hydroxylation sites is 1. The number of carbonyl (C=O) groups excluding carboxylic acids is 1. The van der Waals surface area contributed by atoms with Crippen molar-refractivity contribution in [3.63, 3.8) is 0 Å². The fourth-order valence-corrected chi connectivity index (χ4v) is 1.44. The van der Waals surface area contributed by atoms with Gasteiger partial charge in [-0.15, -0.1) is 0 Å². The Balaban J connectivity index is 3.44. The van der Waals surface area contributed by atoms with E-state index in [-0.39, 0.29) is 17.2 Å². The topological polar surface area (TPSA) is 69.4 Å². The van der Waals surface area contributed by atoms with Crippen molar-refractivity contribution in [2.75, 3.05) is 7.11 Å². The van der Waals surface area contributed by atoms with Crippen LogP contribution in [0, 0.1) is 17.0 Å². The molecule has 0 bridgehead atoms. The molecule has 0 aromatic heterocycles. The molecular weight excluding hydrogens is 210 g/mol. The van der Waals surface area contributed by atoms with Gasteiger partial charge in [0, 0.05) is 5.56 Å². The van der Waals surface area contributed by atoms with Gasteiger partial charge >= 0.3 is 5.97 Å². The molecule has 5 heteroatoms. The normalized spacial score (nSPS) is 10.2. The number of nitrogens with zero attached hydrogens (tertiary/aromatic N) is 1. The first kappa shape index (κ1) is 12.2. The van der Waals surface area contributed by atoms with Crippen LogP contribution in [0.5, 0.6) is 0 Å². The summed E-state index contributed by atoms with van der Waals surface area (Å²) in [6.07, 6.45) is 0. The van der Waals surface area contributed by atoms with Crippen LogP contribution in [-0.2, 0) is 4.74 Å². The summed E-state index contributed by atoms with van der Waals surface area (Å²) in [6, 6.07) is 4.54. The fourth-order valence-electron chi connectivity index (χ4n) is 1.44. The molecule has 0 aliphatic rings. The zero-order valence-corrected chi connectivity index (χ0v) is 9.10. The predicted octanol–water partition coefficient (Wildman–Crippen LogP) is 2.32. The summed E-state index contributed by atoms with van der Waals surface area (Å²) < 4.78 is 4.50. The minimum absolute atomic E-state index is 0.0412. The molecule has 1 atom stereocenters. The number of hydrogen-bond acceptors (Lipinski definition) is 4. The molecule has 1 radical (unpaired) electrons. The smallest absolute Gasteiger partial charge is 0.344 e. The van der Waals surface area contributed by atoms with Gasteiger partial charge in [-0.2, -0.15) is 0 Å². The van der Waals surface area contributed by atoms with Crippen molar-refractivity contribution in [2.24, 2.45) is 0 Å². The molecule has 0 aliphatic heterocycles. The van der Waals surface area contributed by atoms with Gasteiger partial charge in [-0.1, -0.05) is 19.1 Å². The molecule has 0 heterocycles. The fraction of sp³-hybridized carbons (Fsp3) is 0.273. The molecule has 0 saturated heterocycles. The van der Waals surface area contributed by atoms with Crippen molar-refractivity contribution in [1.82, 2.24) is 0 Å². The van der Waals surface area contributed by atoms with Crippen LogP contribution in [0.15, 0.2) is 18.2 Å². The number of esters is 1. The maximum absolute atomic E-state index is 11.4. The van der Waals surface area contributed by atoms with E-state index in [1.807, 2.05) is 0 Å². The van der Waals surface area contributed by atoms with E-state index in [0.717, 1.165) is 0 Å². The van der Waals surface area contributed by atoms with E-state index < -0.39 is 10.9 Å². The number of nitro benzene ring substituents is 1. The molecule has 1 aromatic carbocycles. The maximum Gasteiger partial charge on any atom is 0.344 e. The second-order valence-corrected chi connectivity index (χ2v) is 3.39. The van der Waals surface area contributed by atoms with Crippen LogP contribution in [-0.4, -0.2) is 18.0 Å². The Labute approximate surface area is 93.2 Å². The van der Waals surface area contributed by atoms with Crippen LogP contribution < -0.4 is 0 Å². The van der Waals surface area contributed by atoms with E-state index in [1.54, 1.807) is 19.1 Å². The highest BCUT2D eigenvalue weighted by molar-refractivity contribution is 5.94. The van der Waals surface area contributed by atoms with Crippen molar-refractivity contribution < 1.29 is 14.5 Å². The van der Waals surface area contributed by atoms with Crippen molar-refractivity contribution in [2.45, 2.75) is 12.8 Å². The largest absolute Gasteiger partial charge is 0.465 e. The van der Waals surface area contributed by atoms with Crippen LogP contribution in [0.2, 0.25) is 0 Å². The second-order valence-electron chi connectivity index (χ2n) is 3.39.